The van der Waals surface area contributed by atoms with Gasteiger partial charge in [0.05, 0.1) is 30.8 Å². The summed E-state index contributed by atoms with van der Waals surface area (Å²) in [5, 5.41) is 3.26. The lowest BCUT2D eigenvalue weighted by atomic mass is 10.1. The predicted octanol–water partition coefficient (Wildman–Crippen LogP) is 3.05. The van der Waals surface area contributed by atoms with Crippen molar-refractivity contribution in [2.75, 3.05) is 19.8 Å². The predicted molar refractivity (Wildman–Crippen MR) is 71.7 cm³/mol. The van der Waals surface area contributed by atoms with Crippen LogP contribution in [0.15, 0.2) is 5.38 Å². The molecule has 17 heavy (non-hydrogen) atoms. The molecule has 0 aromatic carbocycles. The lowest BCUT2D eigenvalue weighted by molar-refractivity contribution is -0.0235. The highest BCUT2D eigenvalue weighted by Crippen LogP contribution is 2.30. The number of nitrogens with zero attached hydrogens (tertiary/aromatic N) is 2. The van der Waals surface area contributed by atoms with Gasteiger partial charge in [0.15, 0.2) is 0 Å². The average molecular weight is 275 g/mol. The Morgan fingerprint density at radius 3 is 3.12 bits per heavy atom. The van der Waals surface area contributed by atoms with Crippen molar-refractivity contribution in [3.63, 3.8) is 0 Å². The van der Waals surface area contributed by atoms with E-state index in [1.807, 2.05) is 0 Å². The van der Waals surface area contributed by atoms with Crippen LogP contribution in [0.25, 0.3) is 0 Å². The van der Waals surface area contributed by atoms with E-state index in [9.17, 15) is 0 Å². The maximum Gasteiger partial charge on any atom is 0.110 e. The molecule has 1 aromatic rings. The van der Waals surface area contributed by atoms with Crippen molar-refractivity contribution < 1.29 is 4.74 Å². The van der Waals surface area contributed by atoms with E-state index < -0.39 is 0 Å². The Morgan fingerprint density at radius 2 is 2.53 bits per heavy atom. The second-order valence-electron chi connectivity index (χ2n) is 4.40. The second-order valence-corrected chi connectivity index (χ2v) is 5.55. The molecule has 0 saturated carbocycles. The molecular weight excluding hydrogens is 256 g/mol. The van der Waals surface area contributed by atoms with E-state index in [-0.39, 0.29) is 0 Å². The fourth-order valence-corrected chi connectivity index (χ4v) is 3.54. The summed E-state index contributed by atoms with van der Waals surface area (Å²) in [6.45, 7) is 7.08. The van der Waals surface area contributed by atoms with Crippen LogP contribution in [-0.2, 0) is 10.6 Å². The number of ether oxygens (including phenoxy) is 1. The van der Waals surface area contributed by atoms with Crippen molar-refractivity contribution in [2.24, 2.45) is 0 Å². The van der Waals surface area contributed by atoms with Crippen molar-refractivity contribution in [3.8, 4) is 0 Å². The summed E-state index contributed by atoms with van der Waals surface area (Å²) in [5.41, 5.74) is 0.992. The molecule has 0 bridgehead atoms. The third-order valence-electron chi connectivity index (χ3n) is 3.20. The molecule has 2 heterocycles. The Hall–Kier alpha value is -0.160. The van der Waals surface area contributed by atoms with Crippen molar-refractivity contribution in [1.82, 2.24) is 9.88 Å². The third-order valence-corrected chi connectivity index (χ3v) is 4.47. The van der Waals surface area contributed by atoms with Gasteiger partial charge in [0.25, 0.3) is 0 Å². The number of alkyl halides is 1. The van der Waals surface area contributed by atoms with Gasteiger partial charge >= 0.3 is 0 Å². The summed E-state index contributed by atoms with van der Waals surface area (Å²) >= 11 is 7.54. The van der Waals surface area contributed by atoms with Gasteiger partial charge in [-0.15, -0.1) is 22.9 Å². The summed E-state index contributed by atoms with van der Waals surface area (Å²) in [4.78, 5) is 7.11. The van der Waals surface area contributed by atoms with Crippen molar-refractivity contribution in [1.29, 1.82) is 0 Å². The van der Waals surface area contributed by atoms with Gasteiger partial charge in [-0.05, 0) is 13.3 Å². The SMILES string of the molecule is CCC(c1nc(CCl)cs1)N1CCOCC1C. The second kappa shape index (κ2) is 6.14. The van der Waals surface area contributed by atoms with Gasteiger partial charge in [0.2, 0.25) is 0 Å². The minimum Gasteiger partial charge on any atom is -0.379 e. The molecule has 0 N–H and O–H groups in total. The first-order chi connectivity index (χ1) is 8.26. The lowest BCUT2D eigenvalue weighted by Gasteiger charge is -2.38. The Morgan fingerprint density at radius 1 is 1.71 bits per heavy atom. The topological polar surface area (TPSA) is 25.4 Å². The van der Waals surface area contributed by atoms with Crippen molar-refractivity contribution in [2.45, 2.75) is 38.2 Å². The summed E-state index contributed by atoms with van der Waals surface area (Å²) in [6.07, 6.45) is 1.08. The number of hydrogen-bond acceptors (Lipinski definition) is 4. The smallest absolute Gasteiger partial charge is 0.110 e. The molecule has 0 amide bonds. The van der Waals surface area contributed by atoms with Gasteiger partial charge < -0.3 is 4.74 Å². The van der Waals surface area contributed by atoms with E-state index in [4.69, 9.17) is 16.3 Å². The van der Waals surface area contributed by atoms with E-state index >= 15 is 0 Å². The summed E-state index contributed by atoms with van der Waals surface area (Å²) in [7, 11) is 0. The maximum atomic E-state index is 5.81. The van der Waals surface area contributed by atoms with Crippen molar-refractivity contribution in [3.05, 3.63) is 16.1 Å². The van der Waals surface area contributed by atoms with Crippen LogP contribution in [0.4, 0.5) is 0 Å². The highest BCUT2D eigenvalue weighted by atomic mass is 35.5. The summed E-state index contributed by atoms with van der Waals surface area (Å²) in [6, 6.07) is 0.882. The molecule has 0 radical (unpaired) electrons. The molecule has 0 spiro atoms. The summed E-state index contributed by atoms with van der Waals surface area (Å²) < 4.78 is 5.49. The van der Waals surface area contributed by atoms with E-state index in [0.29, 0.717) is 18.0 Å². The zero-order chi connectivity index (χ0) is 12.3. The molecule has 2 unspecified atom stereocenters. The summed E-state index contributed by atoms with van der Waals surface area (Å²) in [5.74, 6) is 0.506. The van der Waals surface area contributed by atoms with Crippen molar-refractivity contribution >= 4 is 22.9 Å². The van der Waals surface area contributed by atoms with E-state index in [0.717, 1.165) is 31.9 Å². The zero-order valence-electron chi connectivity index (χ0n) is 10.4. The van der Waals surface area contributed by atoms with Crippen LogP contribution in [0, 0.1) is 0 Å². The molecule has 1 aliphatic heterocycles. The van der Waals surface area contributed by atoms with E-state index in [1.54, 1.807) is 11.3 Å². The Kier molecular flexibility index (Phi) is 4.79. The molecule has 1 aromatic heterocycles. The van der Waals surface area contributed by atoms with E-state index in [2.05, 4.69) is 29.1 Å². The quantitative estimate of drug-likeness (QED) is 0.789. The molecule has 0 aliphatic carbocycles. The first-order valence-electron chi connectivity index (χ1n) is 6.10. The molecular formula is C12H19ClN2OS. The number of rotatable bonds is 4. The van der Waals surface area contributed by atoms with Gasteiger partial charge in [-0.2, -0.15) is 0 Å². The van der Waals surface area contributed by atoms with Crippen LogP contribution in [0.2, 0.25) is 0 Å². The highest BCUT2D eigenvalue weighted by molar-refractivity contribution is 7.09. The Bertz CT molecular complexity index is 358. The Balaban J connectivity index is 2.14. The molecule has 96 valence electrons. The third kappa shape index (κ3) is 2.99. The molecule has 5 heteroatoms. The van der Waals surface area contributed by atoms with Gasteiger partial charge in [-0.3, -0.25) is 4.90 Å². The van der Waals surface area contributed by atoms with Crippen LogP contribution < -0.4 is 0 Å². The van der Waals surface area contributed by atoms with E-state index in [1.165, 1.54) is 5.01 Å². The molecule has 2 atom stereocenters. The minimum absolute atomic E-state index is 0.413. The normalized spacial score (nSPS) is 23.8. The fraction of sp³-hybridized carbons (Fsp3) is 0.750. The average Bonchev–Trinajstić information content (AvgIpc) is 2.81. The largest absolute Gasteiger partial charge is 0.379 e. The maximum absolute atomic E-state index is 5.81. The van der Waals surface area contributed by atoms with Gasteiger partial charge in [-0.25, -0.2) is 4.98 Å². The minimum atomic E-state index is 0.413. The van der Waals surface area contributed by atoms with Crippen LogP contribution >= 0.6 is 22.9 Å². The van der Waals surface area contributed by atoms with Crippen LogP contribution in [0.5, 0.6) is 0 Å². The number of morpholine rings is 1. The van der Waals surface area contributed by atoms with Crippen LogP contribution in [0.3, 0.4) is 0 Å². The molecule has 2 rings (SSSR count). The Labute approximate surface area is 112 Å². The number of halogens is 1. The monoisotopic (exact) mass is 274 g/mol. The van der Waals surface area contributed by atoms with Gasteiger partial charge in [-0.1, -0.05) is 6.92 Å². The first kappa shape index (κ1) is 13.3. The molecule has 1 saturated heterocycles. The molecule has 3 nitrogen and oxygen atoms in total. The standard InChI is InChI=1S/C12H19ClN2OS/c1-3-11(12-14-10(6-13)8-17-12)15-4-5-16-7-9(15)2/h8-9,11H,3-7H2,1-2H3. The first-order valence-corrected chi connectivity index (χ1v) is 7.51. The zero-order valence-corrected chi connectivity index (χ0v) is 11.9. The molecule has 1 aliphatic rings. The molecule has 1 fully saturated rings. The van der Waals surface area contributed by atoms with Crippen LogP contribution in [-0.4, -0.2) is 35.7 Å². The number of hydrogen-bond donors (Lipinski definition) is 0. The highest BCUT2D eigenvalue weighted by Gasteiger charge is 2.28. The fourth-order valence-electron chi connectivity index (χ4n) is 2.29. The number of thiazole rings is 1. The number of aromatic nitrogens is 1. The van der Waals surface area contributed by atoms with Gasteiger partial charge in [0, 0.05) is 18.0 Å². The van der Waals surface area contributed by atoms with Gasteiger partial charge in [0.1, 0.15) is 5.01 Å². The lowest BCUT2D eigenvalue weighted by Crippen LogP contribution is -2.45. The van der Waals surface area contributed by atoms with Crippen LogP contribution in [0.1, 0.15) is 37.0 Å².